The van der Waals surface area contributed by atoms with Gasteiger partial charge in [0.05, 0.1) is 17.0 Å². The number of hydrogen-bond donors (Lipinski definition) is 1. The van der Waals surface area contributed by atoms with Crippen LogP contribution in [0.15, 0.2) is 24.3 Å². The molecule has 1 aromatic carbocycles. The molecule has 2 fully saturated rings. The third-order valence-corrected chi connectivity index (χ3v) is 6.07. The molecule has 3 aliphatic rings. The maximum Gasteiger partial charge on any atom is 0.336 e. The lowest BCUT2D eigenvalue weighted by atomic mass is 9.86. The van der Waals surface area contributed by atoms with Crippen molar-refractivity contribution in [3.8, 4) is 0 Å². The van der Waals surface area contributed by atoms with E-state index < -0.39 is 17.8 Å². The highest BCUT2D eigenvalue weighted by Crippen LogP contribution is 2.29. The second kappa shape index (κ2) is 7.73. The van der Waals surface area contributed by atoms with E-state index in [1.54, 1.807) is 24.3 Å². The van der Waals surface area contributed by atoms with Gasteiger partial charge in [0.1, 0.15) is 0 Å². The molecule has 2 aliphatic carbocycles. The standard InChI is InChI=1S/C21H24N2O5/c24-18(13-5-1-2-6-13)22-15-11-9-14(10-12-15)21(27)28-23-19(25)16-7-3-4-8-17(16)20(23)26/h3-4,7-8,13-15H,1-2,5-6,9-12H2,(H,22,24). The van der Waals surface area contributed by atoms with Crippen LogP contribution in [0.5, 0.6) is 0 Å². The lowest BCUT2D eigenvalue weighted by Gasteiger charge is -2.29. The van der Waals surface area contributed by atoms with Crippen LogP contribution in [-0.4, -0.2) is 34.8 Å². The molecular weight excluding hydrogens is 360 g/mol. The molecule has 1 N–H and O–H groups in total. The van der Waals surface area contributed by atoms with Gasteiger partial charge in [-0.25, -0.2) is 4.79 Å². The minimum absolute atomic E-state index is 0.0801. The molecule has 1 aliphatic heterocycles. The molecule has 0 unspecified atom stereocenters. The second-order valence-electron chi connectivity index (χ2n) is 7.90. The van der Waals surface area contributed by atoms with Gasteiger partial charge in [-0.15, -0.1) is 0 Å². The van der Waals surface area contributed by atoms with E-state index in [-0.39, 0.29) is 34.9 Å². The van der Waals surface area contributed by atoms with Crippen molar-refractivity contribution in [1.29, 1.82) is 0 Å². The minimum Gasteiger partial charge on any atom is -0.353 e. The zero-order chi connectivity index (χ0) is 19.7. The number of rotatable bonds is 4. The molecule has 2 saturated carbocycles. The van der Waals surface area contributed by atoms with Crippen molar-refractivity contribution in [2.75, 3.05) is 0 Å². The molecule has 7 heteroatoms. The molecule has 4 rings (SSSR count). The fourth-order valence-corrected chi connectivity index (χ4v) is 4.40. The van der Waals surface area contributed by atoms with Gasteiger partial charge in [-0.3, -0.25) is 14.4 Å². The third kappa shape index (κ3) is 3.53. The fourth-order valence-electron chi connectivity index (χ4n) is 4.40. The Morgan fingerprint density at radius 3 is 2.00 bits per heavy atom. The molecule has 0 spiro atoms. The summed E-state index contributed by atoms with van der Waals surface area (Å²) < 4.78 is 0. The van der Waals surface area contributed by atoms with Crippen LogP contribution >= 0.6 is 0 Å². The number of fused-ring (bicyclic) bond motifs is 1. The molecule has 0 bridgehead atoms. The van der Waals surface area contributed by atoms with Gasteiger partial charge < -0.3 is 10.2 Å². The molecule has 7 nitrogen and oxygen atoms in total. The van der Waals surface area contributed by atoms with Gasteiger partial charge in [0, 0.05) is 12.0 Å². The average molecular weight is 384 g/mol. The number of amides is 3. The van der Waals surface area contributed by atoms with E-state index in [4.69, 9.17) is 4.84 Å². The van der Waals surface area contributed by atoms with Crippen molar-refractivity contribution >= 4 is 23.7 Å². The number of hydrogen-bond acceptors (Lipinski definition) is 5. The summed E-state index contributed by atoms with van der Waals surface area (Å²) in [6.07, 6.45) is 6.69. The van der Waals surface area contributed by atoms with Crippen LogP contribution in [0.1, 0.15) is 72.1 Å². The number of nitrogens with one attached hydrogen (secondary N) is 1. The molecule has 1 heterocycles. The molecule has 1 aromatic rings. The fraction of sp³-hybridized carbons (Fsp3) is 0.524. The normalized spacial score (nSPS) is 24.9. The predicted molar refractivity (Wildman–Crippen MR) is 98.9 cm³/mol. The van der Waals surface area contributed by atoms with Gasteiger partial charge >= 0.3 is 5.97 Å². The zero-order valence-electron chi connectivity index (χ0n) is 15.7. The van der Waals surface area contributed by atoms with Crippen molar-refractivity contribution < 1.29 is 24.0 Å². The van der Waals surface area contributed by atoms with Crippen LogP contribution in [0.25, 0.3) is 0 Å². The molecule has 28 heavy (non-hydrogen) atoms. The molecule has 0 atom stereocenters. The zero-order valence-corrected chi connectivity index (χ0v) is 15.7. The Morgan fingerprint density at radius 2 is 1.43 bits per heavy atom. The van der Waals surface area contributed by atoms with Crippen LogP contribution in [0.3, 0.4) is 0 Å². The van der Waals surface area contributed by atoms with Crippen LogP contribution < -0.4 is 5.32 Å². The van der Waals surface area contributed by atoms with Crippen molar-refractivity contribution in [3.63, 3.8) is 0 Å². The summed E-state index contributed by atoms with van der Waals surface area (Å²) in [4.78, 5) is 54.5. The van der Waals surface area contributed by atoms with Gasteiger partial charge in [0.25, 0.3) is 11.8 Å². The number of carbonyl (C=O) groups is 4. The highest BCUT2D eigenvalue weighted by atomic mass is 16.7. The Kier molecular flexibility index (Phi) is 5.15. The number of hydroxylamine groups is 2. The van der Waals surface area contributed by atoms with E-state index in [0.29, 0.717) is 30.7 Å². The lowest BCUT2D eigenvalue weighted by Crippen LogP contribution is -2.42. The van der Waals surface area contributed by atoms with E-state index in [1.165, 1.54) is 0 Å². The molecule has 0 radical (unpaired) electrons. The minimum atomic E-state index is -0.605. The van der Waals surface area contributed by atoms with E-state index in [0.717, 1.165) is 25.7 Å². The highest BCUT2D eigenvalue weighted by Gasteiger charge is 2.40. The maximum absolute atomic E-state index is 12.5. The largest absolute Gasteiger partial charge is 0.353 e. The van der Waals surface area contributed by atoms with Crippen LogP contribution in [0, 0.1) is 11.8 Å². The smallest absolute Gasteiger partial charge is 0.336 e. The van der Waals surface area contributed by atoms with E-state index >= 15 is 0 Å². The lowest BCUT2D eigenvalue weighted by molar-refractivity contribution is -0.175. The van der Waals surface area contributed by atoms with Crippen LogP contribution in [0.4, 0.5) is 0 Å². The first-order chi connectivity index (χ1) is 13.5. The predicted octanol–water partition coefficient (Wildman–Crippen LogP) is 2.61. The SMILES string of the molecule is O=C(NC1CCC(C(=O)ON2C(=O)c3ccccc3C2=O)CC1)C1CCCC1. The average Bonchev–Trinajstić information content (AvgIpc) is 3.33. The summed E-state index contributed by atoms with van der Waals surface area (Å²) in [6, 6.07) is 6.49. The van der Waals surface area contributed by atoms with Crippen LogP contribution in [-0.2, 0) is 14.4 Å². The summed E-state index contributed by atoms with van der Waals surface area (Å²) >= 11 is 0. The van der Waals surface area contributed by atoms with Gasteiger partial charge in [-0.2, -0.15) is 0 Å². The van der Waals surface area contributed by atoms with Crippen molar-refractivity contribution in [1.82, 2.24) is 10.4 Å². The Bertz CT molecular complexity index is 772. The Hall–Kier alpha value is -2.70. The van der Waals surface area contributed by atoms with Gasteiger partial charge in [-0.1, -0.05) is 30.0 Å². The first-order valence-electron chi connectivity index (χ1n) is 10.0. The van der Waals surface area contributed by atoms with E-state index in [9.17, 15) is 19.2 Å². The Morgan fingerprint density at radius 1 is 0.857 bits per heavy atom. The second-order valence-corrected chi connectivity index (χ2v) is 7.90. The summed E-state index contributed by atoms with van der Waals surface area (Å²) in [5.41, 5.74) is 0.497. The first kappa shape index (κ1) is 18.7. The highest BCUT2D eigenvalue weighted by molar-refractivity contribution is 6.20. The van der Waals surface area contributed by atoms with Gasteiger partial charge in [0.2, 0.25) is 5.91 Å². The molecule has 148 valence electrons. The molecule has 0 saturated heterocycles. The number of benzene rings is 1. The van der Waals surface area contributed by atoms with E-state index in [1.807, 2.05) is 0 Å². The maximum atomic E-state index is 12.5. The summed E-state index contributed by atoms with van der Waals surface area (Å²) in [6.45, 7) is 0. The third-order valence-electron chi connectivity index (χ3n) is 6.07. The Balaban J connectivity index is 1.28. The first-order valence-corrected chi connectivity index (χ1v) is 10.0. The van der Waals surface area contributed by atoms with Crippen molar-refractivity contribution in [2.24, 2.45) is 11.8 Å². The summed E-state index contributed by atoms with van der Waals surface area (Å²) in [7, 11) is 0. The Labute approximate surface area is 163 Å². The van der Waals surface area contributed by atoms with Crippen molar-refractivity contribution in [2.45, 2.75) is 57.4 Å². The summed E-state index contributed by atoms with van der Waals surface area (Å²) in [5.74, 6) is -1.87. The number of carbonyl (C=O) groups excluding carboxylic acids is 4. The monoisotopic (exact) mass is 384 g/mol. The van der Waals surface area contributed by atoms with Crippen molar-refractivity contribution in [3.05, 3.63) is 35.4 Å². The molecule has 3 amide bonds. The number of nitrogens with zero attached hydrogens (tertiary/aromatic N) is 1. The number of imide groups is 1. The van der Waals surface area contributed by atoms with E-state index in [2.05, 4.69) is 5.32 Å². The van der Waals surface area contributed by atoms with Crippen LogP contribution in [0.2, 0.25) is 0 Å². The molecule has 0 aromatic heterocycles. The quantitative estimate of drug-likeness (QED) is 0.806. The van der Waals surface area contributed by atoms with Gasteiger partial charge in [0.15, 0.2) is 0 Å². The van der Waals surface area contributed by atoms with Gasteiger partial charge in [-0.05, 0) is 50.7 Å². The molecular formula is C21H24N2O5. The summed E-state index contributed by atoms with van der Waals surface area (Å²) in [5, 5.41) is 3.68. The topological polar surface area (TPSA) is 92.8 Å².